The Morgan fingerprint density at radius 3 is 2.48 bits per heavy atom. The van der Waals surface area contributed by atoms with E-state index in [2.05, 4.69) is 118 Å². The second kappa shape index (κ2) is 11.8. The van der Waals surface area contributed by atoms with Gasteiger partial charge in [0.1, 0.15) is 18.1 Å². The van der Waals surface area contributed by atoms with Gasteiger partial charge < -0.3 is 9.47 Å². The second-order valence-corrected chi connectivity index (χ2v) is 10.7. The third-order valence-electron chi connectivity index (χ3n) is 4.11. The molecule has 0 heterocycles. The molecule has 0 aromatic heterocycles. The van der Waals surface area contributed by atoms with E-state index < -0.39 is 0 Å². The van der Waals surface area contributed by atoms with Crippen molar-refractivity contribution in [3.05, 3.63) is 86.5 Å². The van der Waals surface area contributed by atoms with E-state index >= 15 is 0 Å². The molecule has 0 saturated heterocycles. The summed E-state index contributed by atoms with van der Waals surface area (Å²) >= 11 is 10.2. The summed E-state index contributed by atoms with van der Waals surface area (Å²) in [6, 6.07) is 17.3. The lowest BCUT2D eigenvalue weighted by molar-refractivity contribution is 0.0954. The molecule has 0 aliphatic heterocycles. The lowest BCUT2D eigenvalue weighted by atomic mass is 10.2. The summed E-state index contributed by atoms with van der Waals surface area (Å²) in [4.78, 5) is 12.3. The molecule has 0 bridgehead atoms. The molecule has 3 aromatic carbocycles. The molecule has 1 N–H and O–H groups in total. The van der Waals surface area contributed by atoms with Crippen molar-refractivity contribution in [2.45, 2.75) is 6.61 Å². The molecule has 9 heteroatoms. The topological polar surface area (TPSA) is 59.9 Å². The van der Waals surface area contributed by atoms with Crippen LogP contribution < -0.4 is 14.9 Å². The van der Waals surface area contributed by atoms with Gasteiger partial charge in [0, 0.05) is 9.13 Å². The fourth-order valence-electron chi connectivity index (χ4n) is 2.56. The molecule has 0 aliphatic rings. The number of benzene rings is 3. The number of hydrogen-bond donors (Lipinski definition) is 1. The highest BCUT2D eigenvalue weighted by Crippen LogP contribution is 2.32. The highest BCUT2D eigenvalue weighted by molar-refractivity contribution is 14.1. The zero-order valence-electron chi connectivity index (χ0n) is 16.2. The summed E-state index contributed by atoms with van der Waals surface area (Å²) in [5.74, 6) is 1.11. The predicted octanol–water partition coefficient (Wildman–Crippen LogP) is 6.61. The zero-order valence-corrected chi connectivity index (χ0v) is 24.2. The van der Waals surface area contributed by atoms with Gasteiger partial charge in [0.2, 0.25) is 0 Å². The fraction of sp³-hybridized carbons (Fsp3) is 0.0909. The Morgan fingerprint density at radius 1 is 1.06 bits per heavy atom. The van der Waals surface area contributed by atoms with Crippen LogP contribution in [0.15, 0.2) is 64.2 Å². The highest BCUT2D eigenvalue weighted by atomic mass is 127. The van der Waals surface area contributed by atoms with E-state index in [4.69, 9.17) is 9.47 Å². The molecule has 0 saturated carbocycles. The van der Waals surface area contributed by atoms with Gasteiger partial charge in [-0.1, -0.05) is 12.1 Å². The van der Waals surface area contributed by atoms with Gasteiger partial charge in [0.25, 0.3) is 5.91 Å². The maximum absolute atomic E-state index is 12.3. The van der Waals surface area contributed by atoms with Gasteiger partial charge in [-0.25, -0.2) is 5.43 Å². The van der Waals surface area contributed by atoms with Crippen LogP contribution in [0.5, 0.6) is 11.5 Å². The lowest BCUT2D eigenvalue weighted by Crippen LogP contribution is -2.17. The molecule has 0 unspecified atom stereocenters. The number of amides is 1. The molecule has 5 nitrogen and oxygen atoms in total. The molecule has 0 atom stereocenters. The monoisotopic (exact) mass is 816 g/mol. The van der Waals surface area contributed by atoms with Crippen LogP contribution in [0.2, 0.25) is 0 Å². The summed E-state index contributed by atoms with van der Waals surface area (Å²) in [5.41, 5.74) is 4.95. The Balaban J connectivity index is 1.64. The smallest absolute Gasteiger partial charge is 0.271 e. The average molecular weight is 817 g/mol. The number of carbonyl (C=O) groups is 1. The molecular formula is C22H16BrI3N2O3. The molecule has 0 spiro atoms. The molecule has 3 rings (SSSR count). The number of hydrazone groups is 1. The van der Waals surface area contributed by atoms with E-state index in [-0.39, 0.29) is 5.91 Å². The minimum atomic E-state index is -0.308. The van der Waals surface area contributed by atoms with Crippen molar-refractivity contribution in [3.63, 3.8) is 0 Å². The fourth-order valence-corrected chi connectivity index (χ4v) is 5.24. The summed E-state index contributed by atoms with van der Waals surface area (Å²) in [7, 11) is 1.57. The van der Waals surface area contributed by atoms with Crippen LogP contribution in [0, 0.1) is 10.7 Å². The maximum Gasteiger partial charge on any atom is 0.271 e. The Hall–Kier alpha value is -0.930. The molecule has 31 heavy (non-hydrogen) atoms. The molecular weight excluding hydrogens is 801 g/mol. The first-order valence-electron chi connectivity index (χ1n) is 8.90. The first-order chi connectivity index (χ1) is 14.9. The zero-order chi connectivity index (χ0) is 22.4. The van der Waals surface area contributed by atoms with Crippen LogP contribution in [0.3, 0.4) is 0 Å². The Morgan fingerprint density at radius 2 is 1.81 bits per heavy atom. The molecule has 0 radical (unpaired) electrons. The Bertz CT molecular complexity index is 1100. The standard InChI is InChI=1S/C22H16BrI3N2O3/c1-30-20-10-15(4-7-18(20)25)22(29)28-27-11-14-8-17(23)21(19(26)9-14)31-12-13-2-5-16(24)6-3-13/h2-11H,12H2,1H3,(H,28,29)/b27-11-. The van der Waals surface area contributed by atoms with Gasteiger partial charge in [-0.2, -0.15) is 5.10 Å². The van der Waals surface area contributed by atoms with Crippen LogP contribution in [0.25, 0.3) is 0 Å². The number of nitrogens with zero attached hydrogens (tertiary/aromatic N) is 1. The van der Waals surface area contributed by atoms with E-state index in [0.717, 1.165) is 28.5 Å². The molecule has 1 amide bonds. The van der Waals surface area contributed by atoms with Gasteiger partial charge >= 0.3 is 0 Å². The first kappa shape index (κ1) is 24.7. The first-order valence-corrected chi connectivity index (χ1v) is 12.9. The van der Waals surface area contributed by atoms with Crippen molar-refractivity contribution < 1.29 is 14.3 Å². The minimum Gasteiger partial charge on any atom is -0.496 e. The number of nitrogens with one attached hydrogen (secondary N) is 1. The Labute approximate surface area is 229 Å². The van der Waals surface area contributed by atoms with E-state index in [1.165, 1.54) is 3.57 Å². The SMILES string of the molecule is COc1cc(C(=O)N/N=C\c2cc(Br)c(OCc3ccc(I)cc3)c(I)c2)ccc1I. The predicted molar refractivity (Wildman–Crippen MR) is 151 cm³/mol. The molecule has 0 fully saturated rings. The number of rotatable bonds is 7. The number of halogens is 4. The van der Waals surface area contributed by atoms with E-state index in [0.29, 0.717) is 17.9 Å². The van der Waals surface area contributed by atoms with Crippen molar-refractivity contribution in [2.75, 3.05) is 7.11 Å². The normalized spacial score (nSPS) is 10.9. The van der Waals surface area contributed by atoms with Crippen LogP contribution in [-0.4, -0.2) is 19.2 Å². The van der Waals surface area contributed by atoms with Gasteiger partial charge in [0.05, 0.1) is 24.9 Å². The van der Waals surface area contributed by atoms with E-state index in [9.17, 15) is 4.79 Å². The van der Waals surface area contributed by atoms with Crippen molar-refractivity contribution in [3.8, 4) is 11.5 Å². The molecule has 160 valence electrons. The minimum absolute atomic E-state index is 0.308. The van der Waals surface area contributed by atoms with E-state index in [1.807, 2.05) is 18.2 Å². The lowest BCUT2D eigenvalue weighted by Gasteiger charge is -2.11. The number of carbonyl (C=O) groups excluding carboxylic acids is 1. The van der Waals surface area contributed by atoms with Gasteiger partial charge in [-0.3, -0.25) is 4.79 Å². The van der Waals surface area contributed by atoms with Crippen LogP contribution >= 0.6 is 83.7 Å². The summed E-state index contributed by atoms with van der Waals surface area (Å²) in [6.45, 7) is 0.481. The Kier molecular flexibility index (Phi) is 9.40. The van der Waals surface area contributed by atoms with Crippen LogP contribution in [0.4, 0.5) is 0 Å². The third-order valence-corrected chi connectivity index (χ3v) is 7.11. The van der Waals surface area contributed by atoms with Gasteiger partial charge in [-0.15, -0.1) is 0 Å². The molecule has 0 aliphatic carbocycles. The van der Waals surface area contributed by atoms with Gasteiger partial charge in [-0.05, 0) is 137 Å². The van der Waals surface area contributed by atoms with E-state index in [1.54, 1.807) is 25.5 Å². The van der Waals surface area contributed by atoms with Crippen molar-refractivity contribution in [1.82, 2.24) is 5.43 Å². The number of methoxy groups -OCH3 is 1. The van der Waals surface area contributed by atoms with Crippen LogP contribution in [-0.2, 0) is 6.61 Å². The quantitative estimate of drug-likeness (QED) is 0.166. The van der Waals surface area contributed by atoms with Crippen molar-refractivity contribution >= 4 is 95.8 Å². The number of hydrogen-bond acceptors (Lipinski definition) is 4. The summed E-state index contributed by atoms with van der Waals surface area (Å²) in [6.07, 6.45) is 1.59. The highest BCUT2D eigenvalue weighted by Gasteiger charge is 2.10. The average Bonchev–Trinajstić information content (AvgIpc) is 2.74. The van der Waals surface area contributed by atoms with Crippen molar-refractivity contribution in [1.29, 1.82) is 0 Å². The van der Waals surface area contributed by atoms with Gasteiger partial charge in [0.15, 0.2) is 0 Å². The van der Waals surface area contributed by atoms with Crippen molar-refractivity contribution in [2.24, 2.45) is 5.10 Å². The van der Waals surface area contributed by atoms with Crippen LogP contribution in [0.1, 0.15) is 21.5 Å². The molecule has 3 aromatic rings. The maximum atomic E-state index is 12.3. The number of ether oxygens (including phenoxy) is 2. The second-order valence-electron chi connectivity index (χ2n) is 6.28. The summed E-state index contributed by atoms with van der Waals surface area (Å²) < 4.78 is 15.1. The summed E-state index contributed by atoms with van der Waals surface area (Å²) in [5, 5.41) is 4.08. The largest absolute Gasteiger partial charge is 0.496 e. The third kappa shape index (κ3) is 7.02.